The highest BCUT2D eigenvalue weighted by Crippen LogP contribution is 2.39. The molecule has 10 nitrogen and oxygen atoms in total. The number of pyridine rings is 1. The third-order valence-electron chi connectivity index (χ3n) is 5.89. The Morgan fingerprint density at radius 3 is 2.47 bits per heavy atom. The van der Waals surface area contributed by atoms with E-state index in [2.05, 4.69) is 46.3 Å². The number of hydrogen-bond acceptors (Lipinski definition) is 8. The molecule has 0 saturated carbocycles. The smallest absolute Gasteiger partial charge is 0.221 e. The Hall–Kier alpha value is -3.95. The molecule has 0 fully saturated rings. The Morgan fingerprint density at radius 1 is 1.09 bits per heavy atom. The van der Waals surface area contributed by atoms with E-state index in [0.717, 1.165) is 39.2 Å². The number of H-pyrrole nitrogens is 1. The van der Waals surface area contributed by atoms with Crippen LogP contribution in [0.1, 0.15) is 43.7 Å². The van der Waals surface area contributed by atoms with Crippen molar-refractivity contribution < 1.29 is 9.26 Å². The highest BCUT2D eigenvalue weighted by Gasteiger charge is 2.23. The van der Waals surface area contributed by atoms with Crippen LogP contribution in [0.2, 0.25) is 0 Å². The van der Waals surface area contributed by atoms with Crippen LogP contribution in [0.25, 0.3) is 33.2 Å². The van der Waals surface area contributed by atoms with Crippen molar-refractivity contribution in [2.75, 3.05) is 12.4 Å². The molecule has 5 rings (SSSR count). The van der Waals surface area contributed by atoms with Crippen molar-refractivity contribution >= 4 is 33.7 Å². The second-order valence-electron chi connectivity index (χ2n) is 9.52. The number of fused-ring (bicyclic) bond motifs is 3. The van der Waals surface area contributed by atoms with E-state index in [1.54, 1.807) is 7.11 Å². The number of nitrogens with zero attached hydrogens (tertiary/aromatic N) is 6. The number of aryl methyl sites for hydroxylation is 4. The minimum atomic E-state index is -0.0705. The third-order valence-corrected chi connectivity index (χ3v) is 5.89. The Kier molecular flexibility index (Phi) is 4.85. The predicted molar refractivity (Wildman–Crippen MR) is 131 cm³/mol. The SMILES string of the molecule is COc1nc2c(cc1-c1c(C)noc1C)[nH]c1nc(C)nc(Nc3cc(C(C)(C)C)nn3C)c12. The van der Waals surface area contributed by atoms with E-state index >= 15 is 0 Å². The maximum atomic E-state index is 5.68. The van der Waals surface area contributed by atoms with Crippen LogP contribution in [-0.4, -0.2) is 42.0 Å². The van der Waals surface area contributed by atoms with Crippen LogP contribution in [0.3, 0.4) is 0 Å². The molecule has 0 bridgehead atoms. The van der Waals surface area contributed by atoms with Crippen LogP contribution in [0, 0.1) is 20.8 Å². The molecule has 0 aliphatic heterocycles. The predicted octanol–water partition coefficient (Wildman–Crippen LogP) is 4.87. The summed E-state index contributed by atoms with van der Waals surface area (Å²) in [6.07, 6.45) is 0. The molecule has 0 spiro atoms. The lowest BCUT2D eigenvalue weighted by Gasteiger charge is -2.13. The van der Waals surface area contributed by atoms with Crippen LogP contribution < -0.4 is 10.1 Å². The van der Waals surface area contributed by atoms with Crippen LogP contribution in [0.4, 0.5) is 11.6 Å². The van der Waals surface area contributed by atoms with Crippen molar-refractivity contribution in [3.05, 3.63) is 35.1 Å². The molecule has 0 amide bonds. The summed E-state index contributed by atoms with van der Waals surface area (Å²) in [6, 6.07) is 4.04. The summed E-state index contributed by atoms with van der Waals surface area (Å²) in [4.78, 5) is 17.6. The molecule has 0 atom stereocenters. The lowest BCUT2D eigenvalue weighted by atomic mass is 9.92. The van der Waals surface area contributed by atoms with Crippen molar-refractivity contribution in [2.24, 2.45) is 7.05 Å². The molecule has 5 aromatic heterocycles. The van der Waals surface area contributed by atoms with Crippen molar-refractivity contribution in [3.8, 4) is 17.0 Å². The van der Waals surface area contributed by atoms with Gasteiger partial charge in [0.1, 0.15) is 34.4 Å². The van der Waals surface area contributed by atoms with Gasteiger partial charge in [-0.3, -0.25) is 4.68 Å². The molecule has 176 valence electrons. The molecule has 2 N–H and O–H groups in total. The maximum absolute atomic E-state index is 5.68. The lowest BCUT2D eigenvalue weighted by molar-refractivity contribution is 0.392. The van der Waals surface area contributed by atoms with Gasteiger partial charge in [0.15, 0.2) is 0 Å². The summed E-state index contributed by atoms with van der Waals surface area (Å²) >= 11 is 0. The van der Waals surface area contributed by atoms with E-state index in [-0.39, 0.29) is 5.41 Å². The fourth-order valence-electron chi connectivity index (χ4n) is 4.16. The highest BCUT2D eigenvalue weighted by molar-refractivity contribution is 6.10. The summed E-state index contributed by atoms with van der Waals surface area (Å²) in [5, 5.41) is 13.0. The first kappa shape index (κ1) is 21.9. The molecular formula is C24H28N8O2. The molecule has 0 radical (unpaired) electrons. The van der Waals surface area contributed by atoms with Crippen molar-refractivity contribution in [2.45, 2.75) is 47.0 Å². The maximum Gasteiger partial charge on any atom is 0.221 e. The van der Waals surface area contributed by atoms with Gasteiger partial charge in [-0.1, -0.05) is 25.9 Å². The molecule has 0 aliphatic carbocycles. The zero-order valence-corrected chi connectivity index (χ0v) is 20.7. The number of aromatic amines is 1. The van der Waals surface area contributed by atoms with E-state index in [1.807, 2.05) is 44.6 Å². The first-order chi connectivity index (χ1) is 16.1. The number of nitrogens with one attached hydrogen (secondary N) is 2. The second kappa shape index (κ2) is 7.54. The summed E-state index contributed by atoms with van der Waals surface area (Å²) in [5.74, 6) is 3.30. The molecular weight excluding hydrogens is 432 g/mol. The summed E-state index contributed by atoms with van der Waals surface area (Å²) in [5.41, 5.74) is 5.58. The van der Waals surface area contributed by atoms with Gasteiger partial charge in [0.25, 0.3) is 0 Å². The zero-order valence-electron chi connectivity index (χ0n) is 20.7. The van der Waals surface area contributed by atoms with Gasteiger partial charge < -0.3 is 19.6 Å². The normalized spacial score (nSPS) is 12.1. The number of ether oxygens (including phenoxy) is 1. The number of methoxy groups -OCH3 is 1. The van der Waals surface area contributed by atoms with Crippen LogP contribution >= 0.6 is 0 Å². The molecule has 34 heavy (non-hydrogen) atoms. The topological polar surface area (TPSA) is 120 Å². The number of rotatable bonds is 4. The van der Waals surface area contributed by atoms with E-state index in [4.69, 9.17) is 19.2 Å². The number of aromatic nitrogens is 7. The van der Waals surface area contributed by atoms with Gasteiger partial charge in [-0.15, -0.1) is 0 Å². The van der Waals surface area contributed by atoms with Gasteiger partial charge in [-0.25, -0.2) is 15.0 Å². The molecule has 0 saturated heterocycles. The van der Waals surface area contributed by atoms with Crippen LogP contribution in [-0.2, 0) is 12.5 Å². The quantitative estimate of drug-likeness (QED) is 0.390. The van der Waals surface area contributed by atoms with Crippen molar-refractivity contribution in [1.29, 1.82) is 0 Å². The van der Waals surface area contributed by atoms with Gasteiger partial charge in [0.2, 0.25) is 5.88 Å². The first-order valence-corrected chi connectivity index (χ1v) is 11.1. The molecule has 0 unspecified atom stereocenters. The minimum Gasteiger partial charge on any atom is -0.481 e. The van der Waals surface area contributed by atoms with Gasteiger partial charge in [0.05, 0.1) is 40.5 Å². The number of anilines is 2. The largest absolute Gasteiger partial charge is 0.481 e. The fourth-order valence-corrected chi connectivity index (χ4v) is 4.16. The van der Waals surface area contributed by atoms with Crippen molar-refractivity contribution in [1.82, 2.24) is 34.9 Å². The average molecular weight is 461 g/mol. The molecule has 0 aliphatic rings. The van der Waals surface area contributed by atoms with Crippen molar-refractivity contribution in [3.63, 3.8) is 0 Å². The summed E-state index contributed by atoms with van der Waals surface area (Å²) in [6.45, 7) is 12.1. The van der Waals surface area contributed by atoms with Crippen LogP contribution in [0.15, 0.2) is 16.7 Å². The van der Waals surface area contributed by atoms with Gasteiger partial charge >= 0.3 is 0 Å². The Balaban J connectivity index is 1.72. The van der Waals surface area contributed by atoms with Crippen LogP contribution in [0.5, 0.6) is 5.88 Å². The average Bonchev–Trinajstić information content (AvgIpc) is 3.41. The van der Waals surface area contributed by atoms with E-state index < -0.39 is 0 Å². The molecule has 5 aromatic rings. The van der Waals surface area contributed by atoms with Gasteiger partial charge in [0, 0.05) is 18.5 Å². The van der Waals surface area contributed by atoms with E-state index in [1.165, 1.54) is 0 Å². The second-order valence-corrected chi connectivity index (χ2v) is 9.52. The van der Waals surface area contributed by atoms with Gasteiger partial charge in [-0.2, -0.15) is 5.10 Å². The molecule has 10 heteroatoms. The Labute approximate surface area is 196 Å². The standard InChI is InChI=1S/C24H28N8O2/c1-11-18(12(2)34-31-11)14-9-15-20(29-23(14)33-8)19-21(27-15)25-13(3)26-22(19)28-17-10-16(24(4,5)6)30-32(17)7/h9-10H,1-8H3,(H2,25,26,27,28). The highest BCUT2D eigenvalue weighted by atomic mass is 16.5. The summed E-state index contributed by atoms with van der Waals surface area (Å²) < 4.78 is 12.9. The monoisotopic (exact) mass is 460 g/mol. The van der Waals surface area contributed by atoms with Gasteiger partial charge in [-0.05, 0) is 26.8 Å². The molecule has 0 aromatic carbocycles. The summed E-state index contributed by atoms with van der Waals surface area (Å²) in [7, 11) is 3.52. The van der Waals surface area contributed by atoms with E-state index in [0.29, 0.717) is 34.4 Å². The third kappa shape index (κ3) is 3.46. The first-order valence-electron chi connectivity index (χ1n) is 11.1. The van der Waals surface area contributed by atoms with E-state index in [9.17, 15) is 0 Å². The Morgan fingerprint density at radius 2 is 1.85 bits per heavy atom. The molecule has 5 heterocycles. The Bertz CT molecular complexity index is 1530. The lowest BCUT2D eigenvalue weighted by Crippen LogP contribution is -2.12. The zero-order chi connectivity index (χ0) is 24.4. The fraction of sp³-hybridized carbons (Fsp3) is 0.375. The number of hydrogen-bond donors (Lipinski definition) is 2. The minimum absolute atomic E-state index is 0.0705.